The zero-order valence-electron chi connectivity index (χ0n) is 8.19. The van der Waals surface area contributed by atoms with Crippen LogP contribution in [0.15, 0.2) is 12.0 Å². The molecule has 0 bridgehead atoms. The van der Waals surface area contributed by atoms with E-state index >= 15 is 0 Å². The summed E-state index contributed by atoms with van der Waals surface area (Å²) in [6, 6.07) is 0. The lowest BCUT2D eigenvalue weighted by Crippen LogP contribution is -2.31. The third-order valence-corrected chi connectivity index (χ3v) is 2.13. The number of hydrogen-bond donors (Lipinski definition) is 0. The van der Waals surface area contributed by atoms with Gasteiger partial charge in [0.25, 0.3) is 0 Å². The molecular formula is C8H14B2O4. The fourth-order valence-corrected chi connectivity index (χ4v) is 1.42. The van der Waals surface area contributed by atoms with E-state index in [2.05, 4.69) is 0 Å². The molecule has 0 saturated carbocycles. The van der Waals surface area contributed by atoms with Gasteiger partial charge in [0.05, 0.1) is 0 Å². The molecule has 4 nitrogen and oxygen atoms in total. The van der Waals surface area contributed by atoms with Crippen LogP contribution >= 0.6 is 0 Å². The van der Waals surface area contributed by atoms with E-state index in [0.717, 1.165) is 39.3 Å². The maximum absolute atomic E-state index is 5.35. The molecule has 2 fully saturated rings. The molecule has 0 unspecified atom stereocenters. The van der Waals surface area contributed by atoms with Crippen LogP contribution in [-0.4, -0.2) is 40.7 Å². The second-order valence-electron chi connectivity index (χ2n) is 3.31. The molecule has 2 rings (SSSR count). The molecule has 0 amide bonds. The van der Waals surface area contributed by atoms with Gasteiger partial charge >= 0.3 is 14.2 Å². The van der Waals surface area contributed by atoms with Gasteiger partial charge in [-0.3, -0.25) is 0 Å². The molecule has 14 heavy (non-hydrogen) atoms. The van der Waals surface area contributed by atoms with Gasteiger partial charge in [0, 0.05) is 26.4 Å². The third-order valence-electron chi connectivity index (χ3n) is 2.13. The lowest BCUT2D eigenvalue weighted by molar-refractivity contribution is 0.139. The van der Waals surface area contributed by atoms with Gasteiger partial charge in [-0.1, -0.05) is 12.0 Å². The van der Waals surface area contributed by atoms with Crippen molar-refractivity contribution in [2.45, 2.75) is 12.8 Å². The fourth-order valence-electron chi connectivity index (χ4n) is 1.42. The topological polar surface area (TPSA) is 36.9 Å². The Morgan fingerprint density at radius 3 is 1.36 bits per heavy atom. The smallest absolute Gasteiger partial charge is 0.408 e. The summed E-state index contributed by atoms with van der Waals surface area (Å²) in [5.74, 6) is 3.71. The summed E-state index contributed by atoms with van der Waals surface area (Å²) in [6.07, 6.45) is 1.95. The molecule has 0 aromatic heterocycles. The third kappa shape index (κ3) is 3.13. The largest absolute Gasteiger partial charge is 0.485 e. The van der Waals surface area contributed by atoms with Crippen LogP contribution in [0.4, 0.5) is 0 Å². The molecule has 0 aromatic carbocycles. The van der Waals surface area contributed by atoms with Gasteiger partial charge in [-0.15, -0.1) is 0 Å². The number of hydrogen-bond acceptors (Lipinski definition) is 4. The summed E-state index contributed by atoms with van der Waals surface area (Å²) in [6.45, 7) is 3.06. The molecule has 0 aromatic rings. The van der Waals surface area contributed by atoms with Crippen LogP contribution in [0, 0.1) is 0 Å². The van der Waals surface area contributed by atoms with Gasteiger partial charge in [0.1, 0.15) is 0 Å². The van der Waals surface area contributed by atoms with Gasteiger partial charge in [-0.25, -0.2) is 0 Å². The predicted octanol–water partition coefficient (Wildman–Crippen LogP) is 0.471. The Morgan fingerprint density at radius 2 is 1.00 bits per heavy atom. The van der Waals surface area contributed by atoms with Crippen LogP contribution in [-0.2, 0) is 18.6 Å². The molecule has 76 valence electrons. The SMILES string of the molecule is C(=C\B1OCCCO1)/B1OCCCO1. The molecule has 0 atom stereocenters. The molecule has 2 aliphatic rings. The maximum atomic E-state index is 5.35. The normalized spacial score (nSPS) is 24.6. The second kappa shape index (κ2) is 5.56. The summed E-state index contributed by atoms with van der Waals surface area (Å²) in [4.78, 5) is 0. The monoisotopic (exact) mass is 196 g/mol. The van der Waals surface area contributed by atoms with E-state index in [0.29, 0.717) is 0 Å². The molecule has 0 spiro atoms. The Hall–Kier alpha value is -0.290. The first-order chi connectivity index (χ1) is 6.95. The first-order valence-electron chi connectivity index (χ1n) is 5.10. The summed E-state index contributed by atoms with van der Waals surface area (Å²) in [5.41, 5.74) is 0. The molecule has 0 aliphatic carbocycles. The van der Waals surface area contributed by atoms with Crippen molar-refractivity contribution in [1.29, 1.82) is 0 Å². The van der Waals surface area contributed by atoms with E-state index in [1.165, 1.54) is 0 Å². The highest BCUT2D eigenvalue weighted by Gasteiger charge is 2.22. The standard InChI is InChI=1S/C8H14B2O4/c1-5-11-9(12-6-1)3-4-10-13-7-2-8-14-10/h3-4H,1-2,5-8H2/b4-3+. The van der Waals surface area contributed by atoms with Crippen molar-refractivity contribution in [2.75, 3.05) is 26.4 Å². The Labute approximate surface area is 84.8 Å². The van der Waals surface area contributed by atoms with Crippen LogP contribution in [0.5, 0.6) is 0 Å². The average Bonchev–Trinajstić information content (AvgIpc) is 2.29. The van der Waals surface area contributed by atoms with E-state index in [1.54, 1.807) is 0 Å². The van der Waals surface area contributed by atoms with Crippen LogP contribution < -0.4 is 0 Å². The summed E-state index contributed by atoms with van der Waals surface area (Å²) in [5, 5.41) is 0. The van der Waals surface area contributed by atoms with Crippen molar-refractivity contribution in [3.05, 3.63) is 12.0 Å². The van der Waals surface area contributed by atoms with Crippen molar-refractivity contribution >= 4 is 14.2 Å². The van der Waals surface area contributed by atoms with E-state index in [1.807, 2.05) is 12.0 Å². The highest BCUT2D eigenvalue weighted by atomic mass is 16.6. The van der Waals surface area contributed by atoms with Gasteiger partial charge in [0.2, 0.25) is 0 Å². The van der Waals surface area contributed by atoms with E-state index < -0.39 is 0 Å². The van der Waals surface area contributed by atoms with E-state index in [-0.39, 0.29) is 14.2 Å². The van der Waals surface area contributed by atoms with Crippen LogP contribution in [0.2, 0.25) is 0 Å². The fraction of sp³-hybridized carbons (Fsp3) is 0.750. The van der Waals surface area contributed by atoms with E-state index in [9.17, 15) is 0 Å². The lowest BCUT2D eigenvalue weighted by atomic mass is 9.79. The zero-order valence-corrected chi connectivity index (χ0v) is 8.19. The van der Waals surface area contributed by atoms with Crippen molar-refractivity contribution in [1.82, 2.24) is 0 Å². The van der Waals surface area contributed by atoms with Crippen molar-refractivity contribution in [3.63, 3.8) is 0 Å². The summed E-state index contributed by atoms with van der Waals surface area (Å²) >= 11 is 0. The molecule has 2 aliphatic heterocycles. The molecule has 2 saturated heterocycles. The Morgan fingerprint density at radius 1 is 0.643 bits per heavy atom. The second-order valence-corrected chi connectivity index (χ2v) is 3.31. The highest BCUT2D eigenvalue weighted by molar-refractivity contribution is 6.57. The Balaban J connectivity index is 1.73. The highest BCUT2D eigenvalue weighted by Crippen LogP contribution is 2.05. The van der Waals surface area contributed by atoms with Gasteiger partial charge in [0.15, 0.2) is 0 Å². The van der Waals surface area contributed by atoms with Crippen LogP contribution in [0.3, 0.4) is 0 Å². The summed E-state index contributed by atoms with van der Waals surface area (Å²) < 4.78 is 21.4. The Kier molecular flexibility index (Phi) is 4.06. The molecule has 0 radical (unpaired) electrons. The molecule has 2 heterocycles. The Bertz CT molecular complexity index is 168. The van der Waals surface area contributed by atoms with Crippen molar-refractivity contribution < 1.29 is 18.6 Å². The van der Waals surface area contributed by atoms with Crippen molar-refractivity contribution in [2.24, 2.45) is 0 Å². The quantitative estimate of drug-likeness (QED) is 0.601. The minimum Gasteiger partial charge on any atom is -0.408 e. The lowest BCUT2D eigenvalue weighted by Gasteiger charge is -2.19. The zero-order chi connectivity index (χ0) is 9.64. The minimum atomic E-state index is -0.224. The molecule has 0 N–H and O–H groups in total. The first-order valence-corrected chi connectivity index (χ1v) is 5.10. The van der Waals surface area contributed by atoms with Crippen LogP contribution in [0.1, 0.15) is 12.8 Å². The molecule has 6 heteroatoms. The van der Waals surface area contributed by atoms with Gasteiger partial charge in [-0.05, 0) is 12.8 Å². The van der Waals surface area contributed by atoms with E-state index in [4.69, 9.17) is 18.6 Å². The predicted molar refractivity (Wildman–Crippen MR) is 53.7 cm³/mol. The maximum Gasteiger partial charge on any atom is 0.485 e. The average molecular weight is 196 g/mol. The summed E-state index contributed by atoms with van der Waals surface area (Å²) in [7, 11) is -0.448. The van der Waals surface area contributed by atoms with Gasteiger partial charge in [-0.2, -0.15) is 0 Å². The molecular weight excluding hydrogens is 182 g/mol. The number of rotatable bonds is 2. The van der Waals surface area contributed by atoms with Crippen LogP contribution in [0.25, 0.3) is 0 Å². The minimum absolute atomic E-state index is 0.224. The van der Waals surface area contributed by atoms with Gasteiger partial charge < -0.3 is 18.6 Å². The first kappa shape index (κ1) is 10.2. The van der Waals surface area contributed by atoms with Crippen molar-refractivity contribution in [3.8, 4) is 0 Å².